The number of hydrogen-bond acceptors (Lipinski definition) is 21. The van der Waals surface area contributed by atoms with E-state index in [1.807, 2.05) is 20.1 Å². The molecule has 0 spiro atoms. The van der Waals surface area contributed by atoms with Crippen LogP contribution in [0.15, 0.2) is 12.2 Å². The van der Waals surface area contributed by atoms with E-state index in [1.54, 1.807) is 6.08 Å². The Hall–Kier alpha value is 13.6. The molecule has 0 aromatic rings. The molecule has 730 valence electrons. The first-order chi connectivity index (χ1) is 59.3. The number of nitrogens with one attached hydrogen (secondary N) is 1. The summed E-state index contributed by atoms with van der Waals surface area (Å²) in [5.74, 6) is 6.20. The van der Waals surface area contributed by atoms with Crippen molar-refractivity contribution >= 4 is 384 Å². The summed E-state index contributed by atoms with van der Waals surface area (Å²) in [4.78, 5) is 68.9. The second kappa shape index (κ2) is 70.7. The topological polar surface area (TPSA) is 253 Å². The normalized spacial score (nSPS) is 31.9. The molecular formula is C59H153N13O12P40Si. The number of fused-ring (bicyclic) bond motifs is 5. The molecule has 13 aliphatic rings. The number of carbonyl (C=O) groups is 6. The van der Waals surface area contributed by atoms with Crippen molar-refractivity contribution in [1.29, 1.82) is 0 Å². The van der Waals surface area contributed by atoms with Crippen LogP contribution < -0.4 is 5.32 Å². The number of aliphatic hydroxyl groups excluding tert-OH is 3. The molecule has 12 aliphatic heterocycles. The van der Waals surface area contributed by atoms with Crippen LogP contribution in [0.4, 0.5) is 0 Å². The molecule has 12 heterocycles. The van der Waals surface area contributed by atoms with Crippen LogP contribution in [0, 0.1) is 65.1 Å². The maximum Gasteiger partial charge on any atom is 0.327 e. The van der Waals surface area contributed by atoms with Crippen molar-refractivity contribution in [1.82, 2.24) is 61.4 Å². The summed E-state index contributed by atoms with van der Waals surface area (Å²) in [6, 6.07) is 1.62. The van der Waals surface area contributed by atoms with Gasteiger partial charge in [-0.3, -0.25) is 70.8 Å². The minimum absolute atomic E-state index is 0.00949. The number of carboxylic acid groups (broad SMARTS) is 1. The fraction of sp³-hybridized carbons (Fsp3) is 0.864. The van der Waals surface area contributed by atoms with Crippen molar-refractivity contribution < 1.29 is 58.2 Å². The Morgan fingerprint density at radius 1 is 0.512 bits per heavy atom. The van der Waals surface area contributed by atoms with Crippen LogP contribution in [0.25, 0.3) is 0 Å². The number of carboxylic acids is 1. The number of rotatable bonds is 28. The highest BCUT2D eigenvalue weighted by Gasteiger charge is 2.55. The third-order valence-electron chi connectivity index (χ3n) is 23.8. The fourth-order valence-electron chi connectivity index (χ4n) is 17.5. The molecule has 13 rings (SSSR count). The zero-order valence-corrected chi connectivity index (χ0v) is 116. The third kappa shape index (κ3) is 42.3. The van der Waals surface area contributed by atoms with E-state index < -0.39 is 21.6 Å². The van der Waals surface area contributed by atoms with E-state index in [-0.39, 0.29) is 92.7 Å². The van der Waals surface area contributed by atoms with Crippen LogP contribution >= 0.6 is 340 Å². The lowest BCUT2D eigenvalue weighted by Crippen LogP contribution is -2.37. The third-order valence-corrected chi connectivity index (χ3v) is 81.0. The minimum atomic E-state index is -0.789. The van der Waals surface area contributed by atoms with E-state index in [4.69, 9.17) is 14.2 Å². The van der Waals surface area contributed by atoms with Gasteiger partial charge in [0.2, 0.25) is 17.7 Å². The van der Waals surface area contributed by atoms with Gasteiger partial charge in [0.25, 0.3) is 0 Å². The van der Waals surface area contributed by atoms with E-state index in [9.17, 15) is 44.1 Å². The summed E-state index contributed by atoms with van der Waals surface area (Å²) in [6.07, 6.45) is 11.0. The van der Waals surface area contributed by atoms with Gasteiger partial charge in [-0.2, -0.15) is 0 Å². The van der Waals surface area contributed by atoms with E-state index >= 15 is 0 Å². The van der Waals surface area contributed by atoms with Gasteiger partial charge in [0.05, 0.1) is 45.9 Å². The van der Waals surface area contributed by atoms with Gasteiger partial charge in [-0.15, -0.1) is 35.7 Å². The zero-order valence-electron chi connectivity index (χ0n) is 72.5. The maximum atomic E-state index is 12.7. The molecule has 0 aromatic carbocycles. The monoisotopic (exact) mass is 2500 g/mol. The summed E-state index contributed by atoms with van der Waals surface area (Å²) in [5.41, 5.74) is 0. The highest BCUT2D eigenvalue weighted by molar-refractivity contribution is 8.81. The average molecular weight is 2500 g/mol. The van der Waals surface area contributed by atoms with Crippen molar-refractivity contribution in [3.63, 3.8) is 0 Å². The van der Waals surface area contributed by atoms with E-state index in [2.05, 4.69) is 294 Å². The summed E-state index contributed by atoms with van der Waals surface area (Å²) < 4.78 is 38.6. The second-order valence-electron chi connectivity index (χ2n) is 32.6. The number of aliphatic hydroxyl groups is 3. The van der Waals surface area contributed by atoms with Crippen LogP contribution in [-0.4, -0.2) is 293 Å². The van der Waals surface area contributed by atoms with Crippen molar-refractivity contribution in [2.45, 2.75) is 128 Å². The van der Waals surface area contributed by atoms with Gasteiger partial charge in [0.15, 0.2) is 0 Å². The molecule has 11 saturated heterocycles. The Kier molecular flexibility index (Phi) is 74.0. The van der Waals surface area contributed by atoms with Crippen LogP contribution in [0.3, 0.4) is 0 Å². The van der Waals surface area contributed by atoms with Gasteiger partial charge >= 0.3 is 11.9 Å². The van der Waals surface area contributed by atoms with Gasteiger partial charge < -0.3 is 48.8 Å². The summed E-state index contributed by atoms with van der Waals surface area (Å²) in [5, 5.41) is 40.3. The Morgan fingerprint density at radius 2 is 0.944 bits per heavy atom. The fourth-order valence-corrected chi connectivity index (χ4v) is 46.1. The van der Waals surface area contributed by atoms with Gasteiger partial charge in [-0.25, -0.2) is 0 Å². The van der Waals surface area contributed by atoms with Crippen LogP contribution in [0.5, 0.6) is 0 Å². The number of amides is 3. The van der Waals surface area contributed by atoms with Gasteiger partial charge in [-0.1, -0.05) is 231 Å². The van der Waals surface area contributed by atoms with E-state index in [0.29, 0.717) is 158 Å². The van der Waals surface area contributed by atoms with Gasteiger partial charge in [0.1, 0.15) is 25.4 Å². The standard InChI is InChI=1S/C7H22N2O2P10.2C7H18N2O2P6.C7H20N2OP6.C7H19N2OP5.C6H13NOP2.C6H11NOP2.C6H17NSi.C6H10O2.H5P3/c10-7(11-20(15)21(16)17)6-5-3-8(19(13)14)1-4(5)2-9(6)18-12;10-7-5-2-8(17(14)15)1-4(5)6(3-11-12)9(7)16-13;10-7(11)6-5-3-8(17(14)16-13)1-4(5)2-9(6)15-12;10-4-7-6-3-8(16(13)15-12)1-5(6)2-9(7)14-11;10-4-7-6-3-8(15(12)13)1-5(6)2-9(7)14-11;2*1-2-5-3-4-6(8)7(5)10-9;1-5-7-6-8(2,3)4;7-4-5-1-2-6(8)3-5;1-3-2/h4-6,18H,1-3,12-17H2;4-6,16H,1-3,12-15H2;4-6,15-16H,1-3,12-14H2,(H,10,11);5-7,10,14-15H,1-4,11-13H2;5-7,10,14H,1-4,11-13H2;5,10H,2-4,9H2,1H3;3-5,10H,2,9H2,1H3;7H,5-6H2,1-4H3;5,7H,1-4H2;3H,1-2H2/t4-,5-,6-,20?;4-,5+,6+;4-,5-,6-,17?;5-,6-,7+,16?;5-,6-,7+;2*5-;;5-;/m0000011.1./s1. The van der Waals surface area contributed by atoms with Crippen molar-refractivity contribution in [3.05, 3.63) is 12.2 Å². The van der Waals surface area contributed by atoms with Gasteiger partial charge in [-0.05, 0) is 139 Å². The Balaban J connectivity index is 0.000000298. The number of aliphatic carboxylic acids is 1. The Bertz CT molecular complexity index is 3190. The molecule has 0 radical (unpaired) electrons. The average Bonchev–Trinajstić information content (AvgIpc) is 1.64. The number of carbonyl (C=O) groups excluding carboxylic acids is 5. The van der Waals surface area contributed by atoms with Crippen molar-refractivity contribution in [2.75, 3.05) is 131 Å². The zero-order chi connectivity index (χ0) is 94.0. The number of Topliss-reactive ketones (excluding diaryl/α,β-unsaturated/α-hetero) is 1. The van der Waals surface area contributed by atoms with Crippen LogP contribution in [-0.2, 0) is 37.8 Å². The highest BCUT2D eigenvalue weighted by Crippen LogP contribution is 2.83. The lowest BCUT2D eigenvalue weighted by atomic mass is 9.94. The van der Waals surface area contributed by atoms with Crippen molar-refractivity contribution in [2.24, 2.45) is 65.1 Å². The first-order valence-electron chi connectivity index (χ1n) is 40.7. The van der Waals surface area contributed by atoms with Gasteiger partial charge in [0, 0.05) is 213 Å². The molecule has 0 bridgehead atoms. The predicted octanol–water partition coefficient (Wildman–Crippen LogP) is 18.6. The summed E-state index contributed by atoms with van der Waals surface area (Å²) in [6.45, 7) is 30.9. The molecule has 35 unspecified atom stereocenters. The van der Waals surface area contributed by atoms with Crippen LogP contribution in [0.1, 0.15) is 65.7 Å². The lowest BCUT2D eigenvalue weighted by molar-refractivity contribution is -0.142. The summed E-state index contributed by atoms with van der Waals surface area (Å²) >= 11 is 0. The largest absolute Gasteiger partial charge is 0.480 e. The lowest BCUT2D eigenvalue weighted by Gasteiger charge is -2.28. The molecule has 5 N–H and O–H groups in total. The molecule has 12 fully saturated rings. The number of ketones is 1. The first kappa shape index (κ1) is 131. The van der Waals surface area contributed by atoms with E-state index in [1.165, 1.54) is 45.4 Å². The predicted molar refractivity (Wildman–Crippen MR) is 666 cm³/mol. The highest BCUT2D eigenvalue weighted by atomic mass is 32.8. The second-order valence-corrected chi connectivity index (χ2v) is 105. The molecule has 3 amide bonds. The molecule has 66 heteroatoms. The molecule has 0 aromatic heterocycles. The summed E-state index contributed by atoms with van der Waals surface area (Å²) in [7, 11) is 68.2. The molecule has 25 nitrogen and oxygen atoms in total. The quantitative estimate of drug-likeness (QED) is 0.0360. The first-order valence-corrected chi connectivity index (χ1v) is 104. The number of nitrogens with zero attached hydrogens (tertiary/aromatic N) is 12. The number of hydrogen-bond donors (Lipinski definition) is 5. The Labute approximate surface area is 831 Å². The molecule has 1 saturated carbocycles. The minimum Gasteiger partial charge on any atom is -0.480 e. The molecule has 125 heavy (non-hydrogen) atoms. The van der Waals surface area contributed by atoms with Crippen molar-refractivity contribution in [3.8, 4) is 0 Å². The van der Waals surface area contributed by atoms with E-state index in [0.717, 1.165) is 144 Å². The SMILES string of the molecule is CCNC[Si](C)(C)C.CC[C@@H]1C=CC(=O)N1PP.CC[C@@H]1CCC(=O)N1PP.O=C(O)[C@@H]1[C@H]2CN(P(P)PP)C[C@H]2CN1PP.O=C(OP(P)P(P)P)[C@@H]1[C@H]2CN(P(P)P)C[C@H]2CN1PP.O=C1CC[C@@H](CO)C1.O=C1[C@@H]2CN(P(P)P)C[C@@H]2[C@@H](COP)N1PP.OC[C@@H]1[C@H]2CN(P(P)P)C[C@H]2CN1PP.OC[C@@H]1[C@H]2CN(P(P)PP)C[C@H]2CN1PP.PPP. The molecule has 53 atom stereocenters. The van der Waals surface area contributed by atoms with Crippen LogP contribution in [0.2, 0.25) is 19.6 Å². The molecular weight excluding hydrogens is 2350 g/mol. The molecule has 1 aliphatic carbocycles. The Morgan fingerprint density at radius 3 is 1.30 bits per heavy atom. The smallest absolute Gasteiger partial charge is 0.327 e. The maximum absolute atomic E-state index is 12.7.